The van der Waals surface area contributed by atoms with Gasteiger partial charge in [0.15, 0.2) is 5.78 Å². The van der Waals surface area contributed by atoms with Crippen molar-refractivity contribution in [3.05, 3.63) is 18.5 Å². The Morgan fingerprint density at radius 1 is 1.07 bits per heavy atom. The fourth-order valence-corrected chi connectivity index (χ4v) is 8.52. The number of Topliss-reactive ketones (excluding diaryl/α,β-unsaturated/α-hetero) is 1. The van der Waals surface area contributed by atoms with Crippen LogP contribution in [0.5, 0.6) is 0 Å². The first-order valence-electron chi connectivity index (χ1n) is 12.1. The van der Waals surface area contributed by atoms with E-state index < -0.39 is 5.60 Å². The monoisotopic (exact) mass is 398 g/mol. The van der Waals surface area contributed by atoms with E-state index in [2.05, 4.69) is 18.9 Å². The van der Waals surface area contributed by atoms with Crippen molar-refractivity contribution in [3.8, 4) is 0 Å². The van der Waals surface area contributed by atoms with Gasteiger partial charge in [0.25, 0.3) is 0 Å². The van der Waals surface area contributed by atoms with Crippen molar-refractivity contribution >= 4 is 5.78 Å². The molecule has 3 unspecified atom stereocenters. The lowest BCUT2D eigenvalue weighted by molar-refractivity contribution is -0.131. The van der Waals surface area contributed by atoms with Crippen molar-refractivity contribution in [3.63, 3.8) is 0 Å². The van der Waals surface area contributed by atoms with Crippen LogP contribution in [0.1, 0.15) is 78.1 Å². The molecule has 1 N–H and O–H groups in total. The third kappa shape index (κ3) is 3.40. The van der Waals surface area contributed by atoms with E-state index in [1.807, 2.05) is 12.3 Å². The Kier molecular flexibility index (Phi) is 4.92. The van der Waals surface area contributed by atoms with Crippen LogP contribution in [-0.4, -0.2) is 26.3 Å². The molecule has 4 fully saturated rings. The second kappa shape index (κ2) is 7.21. The number of fused-ring (bicyclic) bond motifs is 5. The molecule has 1 aromatic rings. The van der Waals surface area contributed by atoms with E-state index in [9.17, 15) is 9.90 Å². The molecule has 160 valence electrons. The summed E-state index contributed by atoms with van der Waals surface area (Å²) in [6, 6.07) is 1.90. The molecule has 0 radical (unpaired) electrons. The van der Waals surface area contributed by atoms with Gasteiger partial charge in [-0.25, -0.2) is 0 Å². The molecule has 4 aliphatic carbocycles. The third-order valence-corrected chi connectivity index (χ3v) is 9.74. The Morgan fingerprint density at radius 3 is 2.72 bits per heavy atom. The molecule has 4 heteroatoms. The average Bonchev–Trinajstić information content (AvgIpc) is 3.25. The molecule has 0 amide bonds. The van der Waals surface area contributed by atoms with Gasteiger partial charge in [-0.2, -0.15) is 5.10 Å². The zero-order valence-electron chi connectivity index (χ0n) is 18.2. The van der Waals surface area contributed by atoms with Crippen molar-refractivity contribution in [1.82, 2.24) is 9.78 Å². The van der Waals surface area contributed by atoms with Gasteiger partial charge in [0.1, 0.15) is 0 Å². The van der Waals surface area contributed by atoms with Gasteiger partial charge in [0, 0.05) is 18.3 Å². The van der Waals surface area contributed by atoms with Gasteiger partial charge in [0.2, 0.25) is 0 Å². The Balaban J connectivity index is 1.33. The predicted octanol–water partition coefficient (Wildman–Crippen LogP) is 4.86. The summed E-state index contributed by atoms with van der Waals surface area (Å²) >= 11 is 0. The molecule has 0 aliphatic heterocycles. The number of aliphatic hydroxyl groups is 1. The first-order valence-corrected chi connectivity index (χ1v) is 12.1. The van der Waals surface area contributed by atoms with Gasteiger partial charge < -0.3 is 5.11 Å². The van der Waals surface area contributed by atoms with Crippen LogP contribution in [0.2, 0.25) is 0 Å². The highest BCUT2D eigenvalue weighted by molar-refractivity contribution is 5.82. The van der Waals surface area contributed by atoms with E-state index in [1.54, 1.807) is 10.9 Å². The van der Waals surface area contributed by atoms with Crippen molar-refractivity contribution in [1.29, 1.82) is 0 Å². The summed E-state index contributed by atoms with van der Waals surface area (Å²) < 4.78 is 1.80. The van der Waals surface area contributed by atoms with Crippen molar-refractivity contribution in [2.24, 2.45) is 40.9 Å². The molecule has 29 heavy (non-hydrogen) atoms. The van der Waals surface area contributed by atoms with Gasteiger partial charge in [-0.15, -0.1) is 0 Å². The van der Waals surface area contributed by atoms with E-state index in [4.69, 9.17) is 0 Å². The Hall–Kier alpha value is -1.16. The lowest BCUT2D eigenvalue weighted by atomic mass is 9.50. The van der Waals surface area contributed by atoms with Crippen LogP contribution in [-0.2, 0) is 11.3 Å². The van der Waals surface area contributed by atoms with Gasteiger partial charge in [0.05, 0.1) is 12.1 Å². The molecule has 8 atom stereocenters. The summed E-state index contributed by atoms with van der Waals surface area (Å²) in [6.07, 6.45) is 15.6. The minimum Gasteiger partial charge on any atom is -0.390 e. The molecule has 0 spiro atoms. The Bertz CT molecular complexity index is 742. The van der Waals surface area contributed by atoms with E-state index >= 15 is 0 Å². The molecule has 0 saturated heterocycles. The molecule has 4 saturated carbocycles. The number of nitrogens with zero attached hydrogens (tertiary/aromatic N) is 2. The summed E-state index contributed by atoms with van der Waals surface area (Å²) in [5.74, 6) is 4.50. The summed E-state index contributed by atoms with van der Waals surface area (Å²) in [5.41, 5.74) is -0.263. The number of carbonyl (C=O) groups is 1. The quantitative estimate of drug-likeness (QED) is 0.791. The van der Waals surface area contributed by atoms with Gasteiger partial charge >= 0.3 is 0 Å². The molecule has 5 rings (SSSR count). The lowest BCUT2D eigenvalue weighted by Gasteiger charge is -2.54. The molecule has 4 aliphatic rings. The average molecular weight is 399 g/mol. The standard InChI is InChI=1S/C25H38N2O2/c1-24(29)11-3-5-18-17(15-24)6-7-20-19(18)10-12-25(2)21(20)8-9-22(25)23(28)16-27-14-4-13-26-27/h4,13-14,17-22,29H,3,5-12,15-16H2,1-2H3/t17-,18+,19?,20?,21?,22-,24-,25+/m1/s1. The summed E-state index contributed by atoms with van der Waals surface area (Å²) in [5, 5.41) is 15.0. The summed E-state index contributed by atoms with van der Waals surface area (Å²) in [7, 11) is 0. The zero-order chi connectivity index (χ0) is 20.2. The number of carbonyl (C=O) groups excluding carboxylic acids is 1. The molecule has 1 heterocycles. The van der Waals surface area contributed by atoms with Crippen LogP contribution in [0.4, 0.5) is 0 Å². The van der Waals surface area contributed by atoms with Crippen molar-refractivity contribution < 1.29 is 9.90 Å². The van der Waals surface area contributed by atoms with Crippen LogP contribution in [0.3, 0.4) is 0 Å². The number of ketones is 1. The fourth-order valence-electron chi connectivity index (χ4n) is 8.52. The number of hydrogen-bond acceptors (Lipinski definition) is 3. The summed E-state index contributed by atoms with van der Waals surface area (Å²) in [4.78, 5) is 13.2. The normalized spacial score (nSPS) is 47.0. The highest BCUT2D eigenvalue weighted by atomic mass is 16.3. The van der Waals surface area contributed by atoms with Crippen LogP contribution in [0.15, 0.2) is 18.5 Å². The Morgan fingerprint density at radius 2 is 1.93 bits per heavy atom. The minimum absolute atomic E-state index is 0.189. The van der Waals surface area contributed by atoms with E-state index in [0.29, 0.717) is 12.3 Å². The second-order valence-corrected chi connectivity index (χ2v) is 11.4. The van der Waals surface area contributed by atoms with Crippen molar-refractivity contribution in [2.75, 3.05) is 0 Å². The maximum Gasteiger partial charge on any atom is 0.157 e. The maximum absolute atomic E-state index is 13.2. The maximum atomic E-state index is 13.2. The van der Waals surface area contributed by atoms with Crippen LogP contribution in [0.25, 0.3) is 0 Å². The van der Waals surface area contributed by atoms with Crippen LogP contribution in [0, 0.1) is 40.9 Å². The number of aromatic nitrogens is 2. The van der Waals surface area contributed by atoms with Gasteiger partial charge in [-0.3, -0.25) is 9.48 Å². The van der Waals surface area contributed by atoms with E-state index in [-0.39, 0.29) is 11.3 Å². The number of hydrogen-bond donors (Lipinski definition) is 1. The van der Waals surface area contributed by atoms with Crippen LogP contribution < -0.4 is 0 Å². The first kappa shape index (κ1) is 19.8. The first-order chi connectivity index (χ1) is 13.9. The Labute approximate surface area is 175 Å². The molecule has 0 bridgehead atoms. The van der Waals surface area contributed by atoms with Gasteiger partial charge in [-0.1, -0.05) is 13.3 Å². The SMILES string of the molecule is C[C@@]1(O)CCC[C@@H]2C3CC[C@@]4(C)C(CC[C@@H]4C(=O)Cn4cccn4)C3CC[C@@H]2C1. The number of rotatable bonds is 3. The smallest absolute Gasteiger partial charge is 0.157 e. The molecular weight excluding hydrogens is 360 g/mol. The van der Waals surface area contributed by atoms with E-state index in [0.717, 1.165) is 48.9 Å². The molecule has 0 aromatic carbocycles. The lowest BCUT2D eigenvalue weighted by Crippen LogP contribution is -2.48. The van der Waals surface area contributed by atoms with E-state index in [1.165, 1.54) is 44.9 Å². The highest BCUT2D eigenvalue weighted by Crippen LogP contribution is 2.64. The predicted molar refractivity (Wildman–Crippen MR) is 113 cm³/mol. The zero-order valence-corrected chi connectivity index (χ0v) is 18.2. The molecular formula is C25H38N2O2. The van der Waals surface area contributed by atoms with Gasteiger partial charge in [-0.05, 0) is 106 Å². The topological polar surface area (TPSA) is 55.1 Å². The van der Waals surface area contributed by atoms with Crippen molar-refractivity contribution in [2.45, 2.75) is 90.2 Å². The third-order valence-electron chi connectivity index (χ3n) is 9.74. The summed E-state index contributed by atoms with van der Waals surface area (Å²) in [6.45, 7) is 4.94. The van der Waals surface area contributed by atoms with Crippen LogP contribution >= 0.6 is 0 Å². The highest BCUT2D eigenvalue weighted by Gasteiger charge is 2.58. The minimum atomic E-state index is -0.452. The molecule has 4 nitrogen and oxygen atoms in total. The largest absolute Gasteiger partial charge is 0.390 e. The fraction of sp³-hybridized carbons (Fsp3) is 0.840. The second-order valence-electron chi connectivity index (χ2n) is 11.4. The molecule has 1 aromatic heterocycles.